The molecule has 322 valence electrons. The van der Waals surface area contributed by atoms with Crippen molar-refractivity contribution < 1.29 is 0 Å². The molecule has 4 aliphatic rings. The maximum absolute atomic E-state index is 2.51. The zero-order valence-corrected chi connectivity index (χ0v) is 38.8. The van der Waals surface area contributed by atoms with E-state index < -0.39 is 5.41 Å². The zero-order chi connectivity index (χ0) is 45.5. The monoisotopic (exact) mass is 867 g/mol. The third-order valence-electron chi connectivity index (χ3n) is 16.3. The number of fused-ring (bicyclic) bond motifs is 16. The van der Waals surface area contributed by atoms with Gasteiger partial charge in [0.2, 0.25) is 0 Å². The van der Waals surface area contributed by atoms with Crippen LogP contribution >= 0.6 is 0 Å². The summed E-state index contributed by atoms with van der Waals surface area (Å²) < 4.78 is 0. The van der Waals surface area contributed by atoms with Crippen molar-refractivity contribution in [3.8, 4) is 66.8 Å². The molecule has 1 spiro atoms. The molecule has 0 heterocycles. The van der Waals surface area contributed by atoms with Gasteiger partial charge in [-0.05, 0) is 142 Å². The van der Waals surface area contributed by atoms with Gasteiger partial charge in [-0.2, -0.15) is 0 Å². The van der Waals surface area contributed by atoms with Gasteiger partial charge in [0.15, 0.2) is 0 Å². The number of anilines is 3. The third-order valence-corrected chi connectivity index (χ3v) is 16.3. The SMILES string of the molecule is CC1(C)c2ccccc2-c2ccc(-c3ccc(N(c4ccc(-c5cccc6c5-c5ccccc5C6(C)C)cc4)c4cccc5c4-c4ccccc4C54c5ccccc5-c5ccccc54)cc3)cc21. The molecular weight excluding hydrogens is 819 g/mol. The molecule has 0 fully saturated rings. The van der Waals surface area contributed by atoms with Crippen LogP contribution in [-0.4, -0.2) is 0 Å². The Hall–Kier alpha value is -8.00. The predicted molar refractivity (Wildman–Crippen MR) is 283 cm³/mol. The maximum Gasteiger partial charge on any atom is 0.0726 e. The smallest absolute Gasteiger partial charge is 0.0726 e. The van der Waals surface area contributed by atoms with E-state index in [1.165, 1.54) is 117 Å². The lowest BCUT2D eigenvalue weighted by molar-refractivity contribution is 0.660. The molecular formula is C67H49N. The van der Waals surface area contributed by atoms with E-state index in [2.05, 4.69) is 257 Å². The minimum atomic E-state index is -0.437. The Morgan fingerprint density at radius 1 is 0.265 bits per heavy atom. The highest BCUT2D eigenvalue weighted by Crippen LogP contribution is 2.65. The molecule has 0 saturated carbocycles. The molecule has 0 atom stereocenters. The van der Waals surface area contributed by atoms with Crippen LogP contribution in [-0.2, 0) is 16.2 Å². The second-order valence-electron chi connectivity index (χ2n) is 20.3. The Morgan fingerprint density at radius 3 is 1.28 bits per heavy atom. The highest BCUT2D eigenvalue weighted by atomic mass is 15.1. The fourth-order valence-corrected chi connectivity index (χ4v) is 13.2. The van der Waals surface area contributed by atoms with Crippen LogP contribution in [0.5, 0.6) is 0 Å². The molecule has 0 saturated heterocycles. The second-order valence-corrected chi connectivity index (χ2v) is 20.3. The second kappa shape index (κ2) is 14.0. The summed E-state index contributed by atoms with van der Waals surface area (Å²) in [5.74, 6) is 0. The van der Waals surface area contributed by atoms with E-state index in [0.29, 0.717) is 0 Å². The molecule has 0 bridgehead atoms. The van der Waals surface area contributed by atoms with E-state index in [1.807, 2.05) is 0 Å². The minimum Gasteiger partial charge on any atom is -0.310 e. The summed E-state index contributed by atoms with van der Waals surface area (Å²) in [6.45, 7) is 9.45. The van der Waals surface area contributed by atoms with Gasteiger partial charge in [0.05, 0.1) is 11.1 Å². The van der Waals surface area contributed by atoms with Crippen LogP contribution < -0.4 is 4.90 Å². The first-order valence-electron chi connectivity index (χ1n) is 24.2. The number of benzene rings is 10. The summed E-state index contributed by atoms with van der Waals surface area (Å²) in [5, 5.41) is 0. The first-order chi connectivity index (χ1) is 33.3. The highest BCUT2D eigenvalue weighted by Gasteiger charge is 2.52. The molecule has 0 aliphatic heterocycles. The highest BCUT2D eigenvalue weighted by molar-refractivity contribution is 6.01. The average Bonchev–Trinajstić information content (AvgIpc) is 4.02. The molecule has 0 unspecified atom stereocenters. The number of hydrogen-bond acceptors (Lipinski definition) is 1. The van der Waals surface area contributed by atoms with Gasteiger partial charge in [0.1, 0.15) is 0 Å². The van der Waals surface area contributed by atoms with Gasteiger partial charge < -0.3 is 4.90 Å². The largest absolute Gasteiger partial charge is 0.310 e. The first-order valence-corrected chi connectivity index (χ1v) is 24.2. The van der Waals surface area contributed by atoms with Gasteiger partial charge in [0.25, 0.3) is 0 Å². The van der Waals surface area contributed by atoms with Crippen molar-refractivity contribution in [1.82, 2.24) is 0 Å². The fraction of sp³-hybridized carbons (Fsp3) is 0.104. The molecule has 4 aliphatic carbocycles. The zero-order valence-electron chi connectivity index (χ0n) is 38.8. The van der Waals surface area contributed by atoms with Crippen molar-refractivity contribution in [3.63, 3.8) is 0 Å². The normalized spacial score (nSPS) is 15.1. The van der Waals surface area contributed by atoms with Gasteiger partial charge in [-0.3, -0.25) is 0 Å². The summed E-state index contributed by atoms with van der Waals surface area (Å²) in [7, 11) is 0. The number of hydrogen-bond donors (Lipinski definition) is 0. The Bertz CT molecular complexity index is 3690. The third kappa shape index (κ3) is 5.11. The molecule has 1 nitrogen and oxygen atoms in total. The van der Waals surface area contributed by atoms with Gasteiger partial charge in [-0.1, -0.05) is 216 Å². The van der Waals surface area contributed by atoms with Crippen LogP contribution in [0.15, 0.2) is 224 Å². The van der Waals surface area contributed by atoms with E-state index in [4.69, 9.17) is 0 Å². The molecule has 0 aromatic heterocycles. The van der Waals surface area contributed by atoms with Crippen molar-refractivity contribution >= 4 is 17.1 Å². The molecule has 68 heavy (non-hydrogen) atoms. The van der Waals surface area contributed by atoms with Crippen LogP contribution in [0.3, 0.4) is 0 Å². The quantitative estimate of drug-likeness (QED) is 0.167. The van der Waals surface area contributed by atoms with E-state index in [9.17, 15) is 0 Å². The summed E-state index contributed by atoms with van der Waals surface area (Å²) in [6, 6.07) is 84.8. The molecule has 0 amide bonds. The minimum absolute atomic E-state index is 0.0620. The summed E-state index contributed by atoms with van der Waals surface area (Å²) in [5.41, 5.74) is 29.3. The van der Waals surface area contributed by atoms with E-state index in [0.717, 1.165) is 11.4 Å². The Labute approximate surface area is 399 Å². The maximum atomic E-state index is 2.51. The van der Waals surface area contributed by atoms with Gasteiger partial charge in [-0.25, -0.2) is 0 Å². The topological polar surface area (TPSA) is 3.24 Å². The van der Waals surface area contributed by atoms with E-state index >= 15 is 0 Å². The molecule has 0 N–H and O–H groups in total. The Morgan fingerprint density at radius 2 is 0.662 bits per heavy atom. The number of rotatable bonds is 5. The predicted octanol–water partition coefficient (Wildman–Crippen LogP) is 17.4. The average molecular weight is 868 g/mol. The molecule has 1 heteroatoms. The molecule has 10 aromatic carbocycles. The fourth-order valence-electron chi connectivity index (χ4n) is 13.2. The standard InChI is InChI=1S/C67H49N/c1-65(2)55-24-11-8-20-52(55)63-47(22-15-28-59(63)65)43-33-38-46(39-34-43)68(45-36-31-42(32-37-45)44-35-40-51-48-17-5-10-23-54(48)66(3,4)61(51)41-44)62-30-16-29-60-64(62)53-21-9-14-27-58(53)67(60)56-25-12-6-18-49(56)50-19-7-13-26-57(50)67/h5-41H,1-4H3. The summed E-state index contributed by atoms with van der Waals surface area (Å²) >= 11 is 0. The van der Waals surface area contributed by atoms with Crippen LogP contribution in [0.4, 0.5) is 17.1 Å². The molecule has 10 aromatic rings. The van der Waals surface area contributed by atoms with E-state index in [-0.39, 0.29) is 10.8 Å². The lowest BCUT2D eigenvalue weighted by Crippen LogP contribution is -2.26. The van der Waals surface area contributed by atoms with Gasteiger partial charge in [0, 0.05) is 27.8 Å². The lowest BCUT2D eigenvalue weighted by Gasteiger charge is -2.32. The first kappa shape index (κ1) is 39.2. The van der Waals surface area contributed by atoms with Gasteiger partial charge >= 0.3 is 0 Å². The lowest BCUT2D eigenvalue weighted by atomic mass is 9.70. The molecule has 0 radical (unpaired) electrons. The van der Waals surface area contributed by atoms with E-state index in [1.54, 1.807) is 0 Å². The molecule has 14 rings (SSSR count). The summed E-state index contributed by atoms with van der Waals surface area (Å²) in [4.78, 5) is 2.51. The van der Waals surface area contributed by atoms with Gasteiger partial charge in [-0.15, -0.1) is 0 Å². The van der Waals surface area contributed by atoms with Crippen LogP contribution in [0, 0.1) is 0 Å². The van der Waals surface area contributed by atoms with Crippen molar-refractivity contribution in [2.45, 2.75) is 43.9 Å². The summed E-state index contributed by atoms with van der Waals surface area (Å²) in [6.07, 6.45) is 0. The van der Waals surface area contributed by atoms with Crippen molar-refractivity contribution in [1.29, 1.82) is 0 Å². The van der Waals surface area contributed by atoms with Crippen molar-refractivity contribution in [3.05, 3.63) is 269 Å². The number of nitrogens with zero attached hydrogens (tertiary/aromatic N) is 1. The van der Waals surface area contributed by atoms with Crippen LogP contribution in [0.2, 0.25) is 0 Å². The van der Waals surface area contributed by atoms with Crippen molar-refractivity contribution in [2.75, 3.05) is 4.90 Å². The van der Waals surface area contributed by atoms with Crippen LogP contribution in [0.25, 0.3) is 66.8 Å². The van der Waals surface area contributed by atoms with Crippen molar-refractivity contribution in [2.24, 2.45) is 0 Å². The van der Waals surface area contributed by atoms with Crippen LogP contribution in [0.1, 0.15) is 72.2 Å². The Balaban J connectivity index is 0.950. The Kier molecular flexibility index (Phi) is 8.08.